The molecule has 0 bridgehead atoms. The summed E-state index contributed by atoms with van der Waals surface area (Å²) >= 11 is 3.74. The van der Waals surface area contributed by atoms with Gasteiger partial charge in [0.15, 0.2) is 0 Å². The van der Waals surface area contributed by atoms with E-state index in [1.165, 1.54) is 4.90 Å². The number of thiazole rings is 1. The maximum Gasteiger partial charge on any atom is 0.246 e. The fourth-order valence-electron chi connectivity index (χ4n) is 4.20. The molecule has 2 heterocycles. The predicted molar refractivity (Wildman–Crippen MR) is 151 cm³/mol. The number of carbonyl (C=O) groups is 3. The summed E-state index contributed by atoms with van der Waals surface area (Å²) in [4.78, 5) is 45.9. The van der Waals surface area contributed by atoms with Gasteiger partial charge in [0.1, 0.15) is 18.7 Å². The molecule has 0 aliphatic carbocycles. The molecule has 1 fully saturated rings. The van der Waals surface area contributed by atoms with E-state index in [0.29, 0.717) is 13.2 Å². The lowest BCUT2D eigenvalue weighted by atomic mass is 9.85. The Balaban J connectivity index is 1.65. The highest BCUT2D eigenvalue weighted by Gasteiger charge is 2.44. The van der Waals surface area contributed by atoms with E-state index in [1.54, 1.807) is 11.3 Å². The molecule has 0 saturated carbocycles. The molecule has 1 aromatic heterocycles. The van der Waals surface area contributed by atoms with E-state index in [2.05, 4.69) is 38.2 Å². The highest BCUT2D eigenvalue weighted by Crippen LogP contribution is 2.28. The number of aryl methyl sites for hydroxylation is 1. The summed E-state index contributed by atoms with van der Waals surface area (Å²) in [7, 11) is 0. The number of likely N-dealkylation sites (tertiary alicyclic amines) is 1. The van der Waals surface area contributed by atoms with Crippen LogP contribution in [0.15, 0.2) is 29.8 Å². The van der Waals surface area contributed by atoms with Crippen molar-refractivity contribution < 1.29 is 24.2 Å². The van der Waals surface area contributed by atoms with Crippen LogP contribution in [0, 0.1) is 12.3 Å². The third kappa shape index (κ3) is 7.95. The summed E-state index contributed by atoms with van der Waals surface area (Å²) in [6.07, 6.45) is -0.671. The molecule has 11 heteroatoms. The highest BCUT2D eigenvalue weighted by molar-refractivity contribution is 14.1. The summed E-state index contributed by atoms with van der Waals surface area (Å²) in [6.45, 7) is 8.14. The molecule has 1 aromatic carbocycles. The lowest BCUT2D eigenvalue weighted by molar-refractivity contribution is -0.144. The number of hydrogen-bond acceptors (Lipinski definition) is 7. The van der Waals surface area contributed by atoms with E-state index in [1.807, 2.05) is 57.5 Å². The topological polar surface area (TPSA) is 121 Å². The lowest BCUT2D eigenvalue weighted by Crippen LogP contribution is -2.58. The summed E-state index contributed by atoms with van der Waals surface area (Å²) in [5.41, 5.74) is 4.18. The van der Waals surface area contributed by atoms with Gasteiger partial charge >= 0.3 is 0 Å². The van der Waals surface area contributed by atoms with Gasteiger partial charge in [-0.25, -0.2) is 4.98 Å². The fourth-order valence-corrected chi connectivity index (χ4v) is 5.33. The number of ether oxygens (including phenoxy) is 1. The van der Waals surface area contributed by atoms with Gasteiger partial charge in [-0.2, -0.15) is 0 Å². The molecule has 1 saturated heterocycles. The van der Waals surface area contributed by atoms with Crippen molar-refractivity contribution in [3.8, 4) is 10.4 Å². The lowest BCUT2D eigenvalue weighted by Gasteiger charge is -2.35. The summed E-state index contributed by atoms with van der Waals surface area (Å²) in [5, 5.41) is 16.0. The molecule has 0 radical (unpaired) electrons. The number of nitrogens with zero attached hydrogens (tertiary/aromatic N) is 2. The first-order valence-electron chi connectivity index (χ1n) is 12.2. The van der Waals surface area contributed by atoms with E-state index in [4.69, 9.17) is 4.74 Å². The molecule has 3 amide bonds. The Morgan fingerprint density at radius 2 is 1.97 bits per heavy atom. The van der Waals surface area contributed by atoms with Crippen molar-refractivity contribution in [3.63, 3.8) is 0 Å². The van der Waals surface area contributed by atoms with Crippen molar-refractivity contribution in [2.75, 3.05) is 24.2 Å². The van der Waals surface area contributed by atoms with Crippen molar-refractivity contribution >= 4 is 51.6 Å². The molecule has 1 aliphatic rings. The largest absolute Gasteiger partial charge is 0.391 e. The molecule has 37 heavy (non-hydrogen) atoms. The SMILES string of the molecule is Cc1ncsc1-c1ccc(CNC(=O)C2CC(O)CN2C(=O)C(NC(=O)COCCI)C(C)(C)C)cc1. The Hall–Kier alpha value is -2.09. The molecule has 3 atom stereocenters. The third-order valence-corrected chi connectivity index (χ3v) is 7.58. The van der Waals surface area contributed by atoms with Crippen LogP contribution in [0.5, 0.6) is 0 Å². The van der Waals surface area contributed by atoms with Gasteiger partial charge in [0.2, 0.25) is 17.7 Å². The van der Waals surface area contributed by atoms with Gasteiger partial charge in [-0.3, -0.25) is 14.4 Å². The standard InChI is InChI=1S/C26H35IN4O5S/c1-16-22(37-15-29-16)18-7-5-17(6-8-18)12-28-24(34)20-11-19(32)13-31(20)25(35)23(26(2,3)4)30-21(33)14-36-10-9-27/h5-8,15,19-20,23,32H,9-14H2,1-4H3,(H,28,34)(H,30,33). The minimum atomic E-state index is -0.869. The number of halogens is 1. The Morgan fingerprint density at radius 3 is 2.57 bits per heavy atom. The van der Waals surface area contributed by atoms with E-state index in [-0.39, 0.29) is 25.5 Å². The van der Waals surface area contributed by atoms with Gasteiger partial charge in [0, 0.05) is 23.9 Å². The van der Waals surface area contributed by atoms with E-state index in [0.717, 1.165) is 26.1 Å². The number of aromatic nitrogens is 1. The molecule has 9 nitrogen and oxygen atoms in total. The summed E-state index contributed by atoms with van der Waals surface area (Å²) in [5.74, 6) is -1.12. The molecule has 1 aliphatic heterocycles. The predicted octanol–water partition coefficient (Wildman–Crippen LogP) is 2.68. The van der Waals surface area contributed by atoms with Gasteiger partial charge < -0.3 is 25.4 Å². The molecule has 0 spiro atoms. The van der Waals surface area contributed by atoms with E-state index < -0.39 is 35.4 Å². The van der Waals surface area contributed by atoms with E-state index in [9.17, 15) is 19.5 Å². The van der Waals surface area contributed by atoms with Crippen LogP contribution >= 0.6 is 33.9 Å². The van der Waals surface area contributed by atoms with Crippen molar-refractivity contribution in [2.24, 2.45) is 5.41 Å². The Morgan fingerprint density at radius 1 is 1.27 bits per heavy atom. The maximum absolute atomic E-state index is 13.5. The summed E-state index contributed by atoms with van der Waals surface area (Å²) in [6, 6.07) is 6.21. The summed E-state index contributed by atoms with van der Waals surface area (Å²) < 4.78 is 6.05. The number of amides is 3. The normalized spacial score (nSPS) is 18.5. The Kier molecular flexibility index (Phi) is 10.4. The molecule has 3 N–H and O–H groups in total. The minimum Gasteiger partial charge on any atom is -0.391 e. The molecule has 202 valence electrons. The number of benzene rings is 1. The van der Waals surface area contributed by atoms with Crippen LogP contribution in [0.2, 0.25) is 0 Å². The first kappa shape index (κ1) is 29.5. The second kappa shape index (κ2) is 13.1. The van der Waals surface area contributed by atoms with Crippen molar-refractivity contribution in [2.45, 2.75) is 58.8 Å². The van der Waals surface area contributed by atoms with Crippen LogP contribution in [0.3, 0.4) is 0 Å². The van der Waals surface area contributed by atoms with Crippen LogP contribution < -0.4 is 10.6 Å². The van der Waals surface area contributed by atoms with Crippen molar-refractivity contribution in [3.05, 3.63) is 41.0 Å². The smallest absolute Gasteiger partial charge is 0.246 e. The van der Waals surface area contributed by atoms with Crippen molar-refractivity contribution in [1.29, 1.82) is 0 Å². The quantitative estimate of drug-likeness (QED) is 0.208. The second-order valence-electron chi connectivity index (χ2n) is 10.2. The highest BCUT2D eigenvalue weighted by atomic mass is 127. The number of nitrogens with one attached hydrogen (secondary N) is 2. The average molecular weight is 643 g/mol. The van der Waals surface area contributed by atoms with Crippen LogP contribution in [-0.2, 0) is 25.7 Å². The monoisotopic (exact) mass is 642 g/mol. The maximum atomic E-state index is 13.5. The third-order valence-electron chi connectivity index (χ3n) is 6.17. The number of aliphatic hydroxyl groups excluding tert-OH is 1. The zero-order valence-electron chi connectivity index (χ0n) is 21.6. The van der Waals surface area contributed by atoms with Crippen LogP contribution in [0.4, 0.5) is 0 Å². The minimum absolute atomic E-state index is 0.0353. The molecule has 2 aromatic rings. The Labute approximate surface area is 235 Å². The molecular formula is C26H35IN4O5S. The van der Waals surface area contributed by atoms with Gasteiger partial charge in [-0.05, 0) is 23.5 Å². The van der Waals surface area contributed by atoms with Crippen LogP contribution in [-0.4, -0.2) is 75.1 Å². The van der Waals surface area contributed by atoms with Gasteiger partial charge in [-0.15, -0.1) is 11.3 Å². The van der Waals surface area contributed by atoms with E-state index >= 15 is 0 Å². The van der Waals surface area contributed by atoms with Gasteiger partial charge in [0.05, 0.1) is 28.8 Å². The first-order valence-corrected chi connectivity index (χ1v) is 14.6. The zero-order valence-corrected chi connectivity index (χ0v) is 24.6. The number of aliphatic hydroxyl groups is 1. The average Bonchev–Trinajstić information content (AvgIpc) is 3.46. The van der Waals surface area contributed by atoms with Crippen LogP contribution in [0.1, 0.15) is 38.4 Å². The number of β-amino-alcohol motifs (C(OH)–C–C–N with tert-alkyl or cyclic N) is 1. The second-order valence-corrected chi connectivity index (χ2v) is 12.1. The Bertz CT molecular complexity index is 1090. The van der Waals surface area contributed by atoms with Gasteiger partial charge in [0.25, 0.3) is 0 Å². The molecule has 3 unspecified atom stereocenters. The fraction of sp³-hybridized carbons (Fsp3) is 0.538. The van der Waals surface area contributed by atoms with Crippen molar-refractivity contribution in [1.82, 2.24) is 20.5 Å². The number of carbonyl (C=O) groups excluding carboxylic acids is 3. The van der Waals surface area contributed by atoms with Gasteiger partial charge in [-0.1, -0.05) is 67.6 Å². The zero-order chi connectivity index (χ0) is 27.2. The molecule has 3 rings (SSSR count). The first-order chi connectivity index (χ1) is 17.5. The number of hydrogen-bond donors (Lipinski definition) is 3. The number of rotatable bonds is 10. The number of alkyl halides is 1. The van der Waals surface area contributed by atoms with Crippen LogP contribution in [0.25, 0.3) is 10.4 Å². The molecular weight excluding hydrogens is 607 g/mol.